The van der Waals surface area contributed by atoms with Crippen molar-refractivity contribution < 1.29 is 14.6 Å². The van der Waals surface area contributed by atoms with Crippen LogP contribution >= 0.6 is 0 Å². The third kappa shape index (κ3) is 1.63. The largest absolute Gasteiger partial charge is 0.442 e. The van der Waals surface area contributed by atoms with E-state index in [1.165, 1.54) is 0 Å². The number of carbonyl (C=O) groups excluding carboxylic acids is 1. The molecule has 11 heavy (non-hydrogen) atoms. The maximum absolute atomic E-state index is 11.0. The van der Waals surface area contributed by atoms with Crippen LogP contribution in [-0.2, 0) is 4.74 Å². The van der Waals surface area contributed by atoms with Crippen LogP contribution in [0.4, 0.5) is 4.79 Å². The molecule has 1 saturated heterocycles. The summed E-state index contributed by atoms with van der Waals surface area (Å²) in [5.74, 6) is 0. The minimum atomic E-state index is -0.329. The minimum absolute atomic E-state index is 0.0883. The average Bonchev–Trinajstić information content (AvgIpc) is 2.30. The highest BCUT2D eigenvalue weighted by Gasteiger charge is 2.31. The Morgan fingerprint density at radius 2 is 2.45 bits per heavy atom. The third-order valence-electron chi connectivity index (χ3n) is 1.73. The number of hydrogen-bond donors (Lipinski definition) is 1. The fourth-order valence-corrected chi connectivity index (χ4v) is 1.06. The lowest BCUT2D eigenvalue weighted by atomic mass is 10.3. The van der Waals surface area contributed by atoms with Gasteiger partial charge in [0.25, 0.3) is 0 Å². The molecule has 1 heterocycles. The van der Waals surface area contributed by atoms with E-state index in [1.807, 2.05) is 13.8 Å². The van der Waals surface area contributed by atoms with Crippen molar-refractivity contribution in [2.24, 2.45) is 0 Å². The standard InChI is InChI=1S/C7H13NO3/c1-5(2)8-3-6(4-9)11-7(8)10/h5-6,9H,3-4H2,1-2H3/t6-/m1/s1. The predicted octanol–water partition coefficient (Wildman–Crippen LogP) is 0.208. The van der Waals surface area contributed by atoms with Crippen molar-refractivity contribution in [1.82, 2.24) is 4.90 Å². The molecule has 1 N–H and O–H groups in total. The summed E-state index contributed by atoms with van der Waals surface area (Å²) in [4.78, 5) is 12.6. The second-order valence-electron chi connectivity index (χ2n) is 2.93. The fourth-order valence-electron chi connectivity index (χ4n) is 1.06. The first kappa shape index (κ1) is 8.33. The molecule has 1 amide bonds. The normalized spacial score (nSPS) is 24.5. The predicted molar refractivity (Wildman–Crippen MR) is 39.2 cm³/mol. The van der Waals surface area contributed by atoms with Gasteiger partial charge in [0.1, 0.15) is 6.10 Å². The van der Waals surface area contributed by atoms with E-state index < -0.39 is 0 Å². The van der Waals surface area contributed by atoms with Crippen LogP contribution in [0.5, 0.6) is 0 Å². The SMILES string of the molecule is CC(C)N1C[C@H](CO)OC1=O. The van der Waals surface area contributed by atoms with Gasteiger partial charge in [-0.3, -0.25) is 0 Å². The van der Waals surface area contributed by atoms with Crippen LogP contribution in [0.15, 0.2) is 0 Å². The molecule has 4 nitrogen and oxygen atoms in total. The molecule has 4 heteroatoms. The lowest BCUT2D eigenvalue weighted by Gasteiger charge is -2.16. The van der Waals surface area contributed by atoms with Gasteiger partial charge in [0.05, 0.1) is 13.2 Å². The zero-order chi connectivity index (χ0) is 8.43. The maximum atomic E-state index is 11.0. The van der Waals surface area contributed by atoms with E-state index in [-0.39, 0.29) is 24.8 Å². The zero-order valence-electron chi connectivity index (χ0n) is 6.78. The molecule has 0 radical (unpaired) electrons. The Kier molecular flexibility index (Phi) is 2.34. The Morgan fingerprint density at radius 1 is 1.82 bits per heavy atom. The van der Waals surface area contributed by atoms with E-state index in [0.29, 0.717) is 6.54 Å². The topological polar surface area (TPSA) is 49.8 Å². The lowest BCUT2D eigenvalue weighted by Crippen LogP contribution is -2.32. The summed E-state index contributed by atoms with van der Waals surface area (Å²) in [5.41, 5.74) is 0. The van der Waals surface area contributed by atoms with E-state index in [9.17, 15) is 4.79 Å². The van der Waals surface area contributed by atoms with Gasteiger partial charge in [-0.15, -0.1) is 0 Å². The summed E-state index contributed by atoms with van der Waals surface area (Å²) in [6.07, 6.45) is -0.649. The molecule has 1 fully saturated rings. The quantitative estimate of drug-likeness (QED) is 0.626. The van der Waals surface area contributed by atoms with E-state index in [4.69, 9.17) is 9.84 Å². The highest BCUT2D eigenvalue weighted by molar-refractivity contribution is 5.70. The number of aliphatic hydroxyl groups excluding tert-OH is 1. The molecule has 0 unspecified atom stereocenters. The van der Waals surface area contributed by atoms with Gasteiger partial charge in [0.15, 0.2) is 0 Å². The Labute approximate surface area is 65.8 Å². The number of cyclic esters (lactones) is 1. The summed E-state index contributed by atoms with van der Waals surface area (Å²) in [6.45, 7) is 4.25. The van der Waals surface area contributed by atoms with Crippen LogP contribution in [0.1, 0.15) is 13.8 Å². The summed E-state index contributed by atoms with van der Waals surface area (Å²) in [5, 5.41) is 8.68. The van der Waals surface area contributed by atoms with Crippen LogP contribution in [0.3, 0.4) is 0 Å². The van der Waals surface area contributed by atoms with Crippen LogP contribution < -0.4 is 0 Å². The molecule has 1 aliphatic heterocycles. The van der Waals surface area contributed by atoms with E-state index in [1.54, 1.807) is 4.90 Å². The smallest absolute Gasteiger partial charge is 0.410 e. The van der Waals surface area contributed by atoms with Gasteiger partial charge in [-0.2, -0.15) is 0 Å². The molecular formula is C7H13NO3. The highest BCUT2D eigenvalue weighted by Crippen LogP contribution is 2.13. The van der Waals surface area contributed by atoms with Gasteiger partial charge in [-0.25, -0.2) is 4.79 Å². The summed E-state index contributed by atoms with van der Waals surface area (Å²) < 4.78 is 4.82. The summed E-state index contributed by atoms with van der Waals surface area (Å²) in [7, 11) is 0. The molecule has 0 spiro atoms. The number of ether oxygens (including phenoxy) is 1. The first-order valence-electron chi connectivity index (χ1n) is 3.73. The van der Waals surface area contributed by atoms with E-state index in [0.717, 1.165) is 0 Å². The van der Waals surface area contributed by atoms with Crippen molar-refractivity contribution in [3.63, 3.8) is 0 Å². The van der Waals surface area contributed by atoms with Crippen molar-refractivity contribution in [2.45, 2.75) is 26.0 Å². The third-order valence-corrected chi connectivity index (χ3v) is 1.73. The Morgan fingerprint density at radius 3 is 2.73 bits per heavy atom. The Hall–Kier alpha value is -0.770. The first-order chi connectivity index (χ1) is 5.15. The van der Waals surface area contributed by atoms with Crippen molar-refractivity contribution in [3.8, 4) is 0 Å². The Bertz CT molecular complexity index is 158. The molecule has 64 valence electrons. The van der Waals surface area contributed by atoms with Crippen LogP contribution in [0, 0.1) is 0 Å². The van der Waals surface area contributed by atoms with E-state index in [2.05, 4.69) is 0 Å². The van der Waals surface area contributed by atoms with Gasteiger partial charge in [0.2, 0.25) is 0 Å². The average molecular weight is 159 g/mol. The number of hydrogen-bond acceptors (Lipinski definition) is 3. The van der Waals surface area contributed by atoms with Gasteiger partial charge in [-0.1, -0.05) is 0 Å². The van der Waals surface area contributed by atoms with Gasteiger partial charge >= 0.3 is 6.09 Å². The molecular weight excluding hydrogens is 146 g/mol. The molecule has 0 aromatic rings. The van der Waals surface area contributed by atoms with Crippen LogP contribution in [0.2, 0.25) is 0 Å². The zero-order valence-corrected chi connectivity index (χ0v) is 6.78. The maximum Gasteiger partial charge on any atom is 0.410 e. The fraction of sp³-hybridized carbons (Fsp3) is 0.857. The number of aliphatic hydroxyl groups is 1. The minimum Gasteiger partial charge on any atom is -0.442 e. The molecule has 0 bridgehead atoms. The second-order valence-corrected chi connectivity index (χ2v) is 2.93. The Balaban J connectivity index is 2.52. The van der Waals surface area contributed by atoms with Crippen molar-refractivity contribution >= 4 is 6.09 Å². The number of rotatable bonds is 2. The van der Waals surface area contributed by atoms with Gasteiger partial charge < -0.3 is 14.7 Å². The first-order valence-corrected chi connectivity index (χ1v) is 3.73. The van der Waals surface area contributed by atoms with E-state index >= 15 is 0 Å². The molecule has 0 saturated carbocycles. The summed E-state index contributed by atoms with van der Waals surface area (Å²) in [6, 6.07) is 0.152. The van der Waals surface area contributed by atoms with Crippen molar-refractivity contribution in [1.29, 1.82) is 0 Å². The highest BCUT2D eigenvalue weighted by atomic mass is 16.6. The molecule has 0 aromatic carbocycles. The van der Waals surface area contributed by atoms with Crippen LogP contribution in [0.25, 0.3) is 0 Å². The van der Waals surface area contributed by atoms with Gasteiger partial charge in [0, 0.05) is 6.04 Å². The lowest BCUT2D eigenvalue weighted by molar-refractivity contribution is 0.0943. The summed E-state index contributed by atoms with van der Waals surface area (Å²) >= 11 is 0. The van der Waals surface area contributed by atoms with Crippen molar-refractivity contribution in [3.05, 3.63) is 0 Å². The molecule has 1 rings (SSSR count). The van der Waals surface area contributed by atoms with Gasteiger partial charge in [-0.05, 0) is 13.8 Å². The molecule has 1 atom stereocenters. The number of nitrogens with zero attached hydrogens (tertiary/aromatic N) is 1. The number of amides is 1. The van der Waals surface area contributed by atoms with Crippen molar-refractivity contribution in [2.75, 3.05) is 13.2 Å². The number of carbonyl (C=O) groups is 1. The van der Waals surface area contributed by atoms with Crippen LogP contribution in [-0.4, -0.2) is 41.4 Å². The molecule has 0 aromatic heterocycles. The molecule has 1 aliphatic rings. The second kappa shape index (κ2) is 3.09. The molecule has 0 aliphatic carbocycles. The monoisotopic (exact) mass is 159 g/mol.